The van der Waals surface area contributed by atoms with E-state index in [1.54, 1.807) is 36.4 Å². The van der Waals surface area contributed by atoms with E-state index < -0.39 is 5.97 Å². The van der Waals surface area contributed by atoms with Gasteiger partial charge >= 0.3 is 5.97 Å². The van der Waals surface area contributed by atoms with Crippen molar-refractivity contribution in [3.63, 3.8) is 0 Å². The van der Waals surface area contributed by atoms with Gasteiger partial charge < -0.3 is 9.47 Å². The van der Waals surface area contributed by atoms with Gasteiger partial charge in [0.05, 0.1) is 23.8 Å². The molecule has 0 radical (unpaired) electrons. The molecule has 164 valence electrons. The van der Waals surface area contributed by atoms with Crippen LogP contribution in [0.25, 0.3) is 11.1 Å². The number of rotatable bonds is 11. The second-order valence-electron chi connectivity index (χ2n) is 7.74. The van der Waals surface area contributed by atoms with Gasteiger partial charge in [-0.3, -0.25) is 0 Å². The first kappa shape index (κ1) is 23.1. The van der Waals surface area contributed by atoms with Gasteiger partial charge in [-0.25, -0.2) is 4.79 Å². The molecule has 0 saturated carbocycles. The molecular formula is C28H29NO3. The zero-order valence-electron chi connectivity index (χ0n) is 18.5. The standard InChI is InChI=1S/C28H29NO3/c1-2-3-4-5-6-7-20-31-26-16-12-23(13-17-26)24-14-18-27(19-15-24)32-28(30)25-10-8-22(21-29)9-11-25/h8-19H,2-7,20H2,1H3. The van der Waals surface area contributed by atoms with Gasteiger partial charge in [-0.2, -0.15) is 5.26 Å². The first-order valence-corrected chi connectivity index (χ1v) is 11.2. The molecule has 0 N–H and O–H groups in total. The van der Waals surface area contributed by atoms with E-state index in [0.717, 1.165) is 29.9 Å². The van der Waals surface area contributed by atoms with Crippen LogP contribution in [-0.4, -0.2) is 12.6 Å². The van der Waals surface area contributed by atoms with Crippen LogP contribution in [0, 0.1) is 11.3 Å². The van der Waals surface area contributed by atoms with Crippen molar-refractivity contribution in [2.45, 2.75) is 45.4 Å². The summed E-state index contributed by atoms with van der Waals surface area (Å²) in [6.07, 6.45) is 7.51. The molecule has 0 fully saturated rings. The van der Waals surface area contributed by atoms with E-state index in [2.05, 4.69) is 6.92 Å². The molecular weight excluding hydrogens is 398 g/mol. The molecule has 3 aromatic rings. The molecule has 0 heterocycles. The van der Waals surface area contributed by atoms with Crippen LogP contribution in [0.3, 0.4) is 0 Å². The first-order valence-electron chi connectivity index (χ1n) is 11.2. The fraction of sp³-hybridized carbons (Fsp3) is 0.286. The van der Waals surface area contributed by atoms with Crippen LogP contribution in [0.4, 0.5) is 0 Å². The molecule has 0 spiro atoms. The Balaban J connectivity index is 1.48. The van der Waals surface area contributed by atoms with Gasteiger partial charge in [0.15, 0.2) is 0 Å². The highest BCUT2D eigenvalue weighted by atomic mass is 16.5. The average molecular weight is 428 g/mol. The van der Waals surface area contributed by atoms with Crippen LogP contribution in [0.15, 0.2) is 72.8 Å². The van der Waals surface area contributed by atoms with Crippen molar-refractivity contribution in [1.29, 1.82) is 5.26 Å². The minimum absolute atomic E-state index is 0.407. The molecule has 32 heavy (non-hydrogen) atoms. The number of hydrogen-bond donors (Lipinski definition) is 0. The maximum Gasteiger partial charge on any atom is 0.343 e. The molecule has 0 bridgehead atoms. The Morgan fingerprint density at radius 2 is 1.31 bits per heavy atom. The van der Waals surface area contributed by atoms with Gasteiger partial charge in [0.1, 0.15) is 11.5 Å². The highest BCUT2D eigenvalue weighted by molar-refractivity contribution is 5.91. The van der Waals surface area contributed by atoms with Crippen molar-refractivity contribution in [1.82, 2.24) is 0 Å². The largest absolute Gasteiger partial charge is 0.494 e. The summed E-state index contributed by atoms with van der Waals surface area (Å²) in [7, 11) is 0. The third kappa shape index (κ3) is 6.99. The lowest BCUT2D eigenvalue weighted by Gasteiger charge is -2.09. The zero-order valence-corrected chi connectivity index (χ0v) is 18.5. The van der Waals surface area contributed by atoms with E-state index in [4.69, 9.17) is 14.7 Å². The normalized spacial score (nSPS) is 10.4. The monoisotopic (exact) mass is 427 g/mol. The number of nitriles is 1. The van der Waals surface area contributed by atoms with Gasteiger partial charge in [-0.15, -0.1) is 0 Å². The molecule has 3 rings (SSSR count). The number of nitrogens with zero attached hydrogens (tertiary/aromatic N) is 1. The first-order chi connectivity index (χ1) is 15.7. The number of esters is 1. The van der Waals surface area contributed by atoms with Crippen molar-refractivity contribution < 1.29 is 14.3 Å². The van der Waals surface area contributed by atoms with Crippen LogP contribution in [0.2, 0.25) is 0 Å². The predicted molar refractivity (Wildman–Crippen MR) is 127 cm³/mol. The van der Waals surface area contributed by atoms with Crippen molar-refractivity contribution in [3.05, 3.63) is 83.9 Å². The quantitative estimate of drug-likeness (QED) is 0.185. The summed E-state index contributed by atoms with van der Waals surface area (Å²) < 4.78 is 11.3. The van der Waals surface area contributed by atoms with Crippen LogP contribution in [0.5, 0.6) is 11.5 Å². The molecule has 0 aliphatic rings. The Morgan fingerprint density at radius 1 is 0.750 bits per heavy atom. The Hall–Kier alpha value is -3.58. The lowest BCUT2D eigenvalue weighted by atomic mass is 10.1. The van der Waals surface area contributed by atoms with E-state index in [1.807, 2.05) is 42.5 Å². The molecule has 0 amide bonds. The minimum Gasteiger partial charge on any atom is -0.494 e. The number of unbranched alkanes of at least 4 members (excludes halogenated alkanes) is 5. The van der Waals surface area contributed by atoms with Crippen LogP contribution >= 0.6 is 0 Å². The Morgan fingerprint density at radius 3 is 1.91 bits per heavy atom. The maximum absolute atomic E-state index is 12.3. The predicted octanol–water partition coefficient (Wildman–Crippen LogP) is 7.18. The van der Waals surface area contributed by atoms with Crippen LogP contribution < -0.4 is 9.47 Å². The lowest BCUT2D eigenvalue weighted by molar-refractivity contribution is 0.0735. The maximum atomic E-state index is 12.3. The molecule has 4 heteroatoms. The molecule has 0 saturated heterocycles. The lowest BCUT2D eigenvalue weighted by Crippen LogP contribution is -2.08. The van der Waals surface area contributed by atoms with Gasteiger partial charge in [-0.1, -0.05) is 63.3 Å². The van der Waals surface area contributed by atoms with Gasteiger partial charge in [-0.05, 0) is 66.1 Å². The summed E-state index contributed by atoms with van der Waals surface area (Å²) in [6, 6.07) is 23.9. The van der Waals surface area contributed by atoms with Crippen molar-refractivity contribution in [3.8, 4) is 28.7 Å². The third-order valence-electron chi connectivity index (χ3n) is 5.27. The Kier molecular flexibility index (Phi) is 8.89. The third-order valence-corrected chi connectivity index (χ3v) is 5.27. The Bertz CT molecular complexity index is 1020. The van der Waals surface area contributed by atoms with E-state index >= 15 is 0 Å². The second kappa shape index (κ2) is 12.3. The molecule has 4 nitrogen and oxygen atoms in total. The van der Waals surface area contributed by atoms with E-state index in [1.165, 1.54) is 32.1 Å². The molecule has 0 aliphatic carbocycles. The average Bonchev–Trinajstić information content (AvgIpc) is 2.84. The smallest absolute Gasteiger partial charge is 0.343 e. The summed E-state index contributed by atoms with van der Waals surface area (Å²) in [6.45, 7) is 2.99. The summed E-state index contributed by atoms with van der Waals surface area (Å²) in [5, 5.41) is 8.85. The van der Waals surface area contributed by atoms with E-state index in [9.17, 15) is 4.79 Å². The van der Waals surface area contributed by atoms with Crippen molar-refractivity contribution >= 4 is 5.97 Å². The molecule has 3 aromatic carbocycles. The SMILES string of the molecule is CCCCCCCCOc1ccc(-c2ccc(OC(=O)c3ccc(C#N)cc3)cc2)cc1. The molecule has 0 aromatic heterocycles. The molecule has 0 atom stereocenters. The van der Waals surface area contributed by atoms with Gasteiger partial charge in [0.25, 0.3) is 0 Å². The van der Waals surface area contributed by atoms with Gasteiger partial charge in [0, 0.05) is 0 Å². The number of carbonyl (C=O) groups excluding carboxylic acids is 1. The highest BCUT2D eigenvalue weighted by Crippen LogP contribution is 2.25. The molecule has 0 aliphatic heterocycles. The Labute approximate surface area is 190 Å². The van der Waals surface area contributed by atoms with E-state index in [0.29, 0.717) is 16.9 Å². The number of benzene rings is 3. The van der Waals surface area contributed by atoms with Crippen LogP contribution in [-0.2, 0) is 0 Å². The highest BCUT2D eigenvalue weighted by Gasteiger charge is 2.09. The number of ether oxygens (including phenoxy) is 2. The van der Waals surface area contributed by atoms with Crippen LogP contribution in [0.1, 0.15) is 61.4 Å². The number of hydrogen-bond acceptors (Lipinski definition) is 4. The molecule has 0 unspecified atom stereocenters. The topological polar surface area (TPSA) is 59.3 Å². The minimum atomic E-state index is -0.450. The van der Waals surface area contributed by atoms with Crippen molar-refractivity contribution in [2.24, 2.45) is 0 Å². The number of carbonyl (C=O) groups is 1. The fourth-order valence-electron chi connectivity index (χ4n) is 3.38. The second-order valence-corrected chi connectivity index (χ2v) is 7.74. The summed E-state index contributed by atoms with van der Waals surface area (Å²) in [5.74, 6) is 0.909. The van der Waals surface area contributed by atoms with E-state index in [-0.39, 0.29) is 0 Å². The summed E-state index contributed by atoms with van der Waals surface area (Å²) in [5.41, 5.74) is 3.02. The zero-order chi connectivity index (χ0) is 22.6. The summed E-state index contributed by atoms with van der Waals surface area (Å²) >= 11 is 0. The van der Waals surface area contributed by atoms with Crippen molar-refractivity contribution in [2.75, 3.05) is 6.61 Å². The fourth-order valence-corrected chi connectivity index (χ4v) is 3.38. The van der Waals surface area contributed by atoms with Gasteiger partial charge in [0.2, 0.25) is 0 Å². The summed E-state index contributed by atoms with van der Waals surface area (Å²) in [4.78, 5) is 12.3.